The monoisotopic (exact) mass is 182 g/mol. The van der Waals surface area contributed by atoms with E-state index in [9.17, 15) is 0 Å². The Kier molecular flexibility index (Phi) is 4.19. The van der Waals surface area contributed by atoms with Gasteiger partial charge in [0.2, 0.25) is 0 Å². The fourth-order valence-corrected chi connectivity index (χ4v) is 1.22. The highest BCUT2D eigenvalue weighted by atomic mass is 16.5. The molecule has 74 valence electrons. The van der Waals surface area contributed by atoms with Crippen molar-refractivity contribution in [2.24, 2.45) is 5.41 Å². The number of rotatable bonds is 8. The third kappa shape index (κ3) is 3.75. The summed E-state index contributed by atoms with van der Waals surface area (Å²) in [5, 5.41) is 0. The molecule has 2 heteroatoms. The second-order valence-electron chi connectivity index (χ2n) is 3.61. The molecule has 0 atom stereocenters. The molecule has 1 saturated carbocycles. The first kappa shape index (κ1) is 10.5. The predicted octanol–water partition coefficient (Wildman–Crippen LogP) is 2.17. The molecule has 0 aliphatic heterocycles. The van der Waals surface area contributed by atoms with E-state index in [0.717, 1.165) is 13.2 Å². The molecule has 1 aliphatic rings. The van der Waals surface area contributed by atoms with Crippen LogP contribution in [0.15, 0.2) is 25.3 Å². The summed E-state index contributed by atoms with van der Waals surface area (Å²) in [5.74, 6) is 0. The average molecular weight is 182 g/mol. The van der Waals surface area contributed by atoms with Gasteiger partial charge in [-0.25, -0.2) is 0 Å². The van der Waals surface area contributed by atoms with Crippen LogP contribution in [0.1, 0.15) is 12.8 Å². The standard InChI is InChI=1S/C11H18O2/c1-3-7-12-9-11(5-6-11)10-13-8-4-2/h3-4H,1-2,5-10H2. The molecule has 0 aromatic carbocycles. The van der Waals surface area contributed by atoms with Crippen LogP contribution in [0.25, 0.3) is 0 Å². The Balaban J connectivity index is 2.07. The van der Waals surface area contributed by atoms with Crippen LogP contribution in [-0.2, 0) is 9.47 Å². The second-order valence-corrected chi connectivity index (χ2v) is 3.61. The fraction of sp³-hybridized carbons (Fsp3) is 0.636. The van der Waals surface area contributed by atoms with Gasteiger partial charge in [-0.2, -0.15) is 0 Å². The molecule has 0 unspecified atom stereocenters. The van der Waals surface area contributed by atoms with Crippen molar-refractivity contribution in [2.75, 3.05) is 26.4 Å². The van der Waals surface area contributed by atoms with Gasteiger partial charge in [0.1, 0.15) is 0 Å². The summed E-state index contributed by atoms with van der Waals surface area (Å²) in [6.07, 6.45) is 6.00. The smallest absolute Gasteiger partial charge is 0.0645 e. The minimum atomic E-state index is 0.312. The van der Waals surface area contributed by atoms with Crippen LogP contribution < -0.4 is 0 Å². The third-order valence-electron chi connectivity index (χ3n) is 2.25. The molecule has 1 aliphatic carbocycles. The molecule has 13 heavy (non-hydrogen) atoms. The number of hydrogen-bond acceptors (Lipinski definition) is 2. The maximum absolute atomic E-state index is 5.42. The van der Waals surface area contributed by atoms with Crippen molar-refractivity contribution in [3.8, 4) is 0 Å². The van der Waals surface area contributed by atoms with E-state index in [1.165, 1.54) is 12.8 Å². The maximum Gasteiger partial charge on any atom is 0.0645 e. The zero-order valence-electron chi connectivity index (χ0n) is 8.13. The van der Waals surface area contributed by atoms with Crippen molar-refractivity contribution < 1.29 is 9.47 Å². The molecule has 0 spiro atoms. The normalized spacial score (nSPS) is 18.2. The van der Waals surface area contributed by atoms with Gasteiger partial charge in [0.15, 0.2) is 0 Å². The third-order valence-corrected chi connectivity index (χ3v) is 2.25. The Bertz CT molecular complexity index is 155. The zero-order valence-corrected chi connectivity index (χ0v) is 8.13. The molecule has 0 aromatic heterocycles. The van der Waals surface area contributed by atoms with E-state index in [1.54, 1.807) is 12.2 Å². The first-order chi connectivity index (χ1) is 6.33. The van der Waals surface area contributed by atoms with Crippen molar-refractivity contribution in [1.29, 1.82) is 0 Å². The summed E-state index contributed by atoms with van der Waals surface area (Å²) in [4.78, 5) is 0. The lowest BCUT2D eigenvalue weighted by atomic mass is 10.1. The van der Waals surface area contributed by atoms with E-state index in [0.29, 0.717) is 18.6 Å². The van der Waals surface area contributed by atoms with Crippen LogP contribution in [0.4, 0.5) is 0 Å². The van der Waals surface area contributed by atoms with E-state index >= 15 is 0 Å². The van der Waals surface area contributed by atoms with E-state index in [1.807, 2.05) is 0 Å². The molecule has 0 amide bonds. The first-order valence-electron chi connectivity index (χ1n) is 4.70. The molecular weight excluding hydrogens is 164 g/mol. The summed E-state index contributed by atoms with van der Waals surface area (Å²) in [7, 11) is 0. The van der Waals surface area contributed by atoms with Crippen molar-refractivity contribution >= 4 is 0 Å². The molecular formula is C11H18O2. The highest BCUT2D eigenvalue weighted by Gasteiger charge is 2.42. The van der Waals surface area contributed by atoms with Crippen molar-refractivity contribution in [2.45, 2.75) is 12.8 Å². The van der Waals surface area contributed by atoms with Crippen LogP contribution in [0.5, 0.6) is 0 Å². The Hall–Kier alpha value is -0.600. The van der Waals surface area contributed by atoms with Gasteiger partial charge in [-0.3, -0.25) is 0 Å². The van der Waals surface area contributed by atoms with Gasteiger partial charge in [0.25, 0.3) is 0 Å². The number of hydrogen-bond donors (Lipinski definition) is 0. The molecule has 0 radical (unpaired) electrons. The van der Waals surface area contributed by atoms with Gasteiger partial charge in [-0.15, -0.1) is 13.2 Å². The molecule has 2 nitrogen and oxygen atoms in total. The van der Waals surface area contributed by atoms with E-state index in [-0.39, 0.29) is 0 Å². The number of ether oxygens (including phenoxy) is 2. The van der Waals surface area contributed by atoms with Crippen LogP contribution >= 0.6 is 0 Å². The zero-order chi connectivity index (χ0) is 9.57. The Morgan fingerprint density at radius 3 is 1.77 bits per heavy atom. The summed E-state index contributed by atoms with van der Waals surface area (Å²) in [5.41, 5.74) is 0.312. The van der Waals surface area contributed by atoms with E-state index in [2.05, 4.69) is 13.2 Å². The van der Waals surface area contributed by atoms with Gasteiger partial charge < -0.3 is 9.47 Å². The Morgan fingerprint density at radius 1 is 1.00 bits per heavy atom. The minimum absolute atomic E-state index is 0.312. The van der Waals surface area contributed by atoms with E-state index in [4.69, 9.17) is 9.47 Å². The van der Waals surface area contributed by atoms with Gasteiger partial charge in [0.05, 0.1) is 26.4 Å². The van der Waals surface area contributed by atoms with Crippen molar-refractivity contribution in [3.05, 3.63) is 25.3 Å². The fourth-order valence-electron chi connectivity index (χ4n) is 1.22. The topological polar surface area (TPSA) is 18.5 Å². The second kappa shape index (κ2) is 5.20. The highest BCUT2D eigenvalue weighted by molar-refractivity contribution is 4.93. The van der Waals surface area contributed by atoms with E-state index < -0.39 is 0 Å². The largest absolute Gasteiger partial charge is 0.377 e. The summed E-state index contributed by atoms with van der Waals surface area (Å²) in [6, 6.07) is 0. The molecule has 1 rings (SSSR count). The maximum atomic E-state index is 5.42. The molecule has 0 saturated heterocycles. The molecule has 0 bridgehead atoms. The van der Waals surface area contributed by atoms with Gasteiger partial charge >= 0.3 is 0 Å². The van der Waals surface area contributed by atoms with Crippen molar-refractivity contribution in [1.82, 2.24) is 0 Å². The minimum Gasteiger partial charge on any atom is -0.377 e. The SMILES string of the molecule is C=CCOCC1(COCC=C)CC1. The van der Waals surface area contributed by atoms with Crippen LogP contribution in [0, 0.1) is 5.41 Å². The molecule has 0 N–H and O–H groups in total. The van der Waals surface area contributed by atoms with Gasteiger partial charge in [-0.1, -0.05) is 12.2 Å². The molecule has 1 fully saturated rings. The van der Waals surface area contributed by atoms with Gasteiger partial charge in [0, 0.05) is 5.41 Å². The van der Waals surface area contributed by atoms with Gasteiger partial charge in [-0.05, 0) is 12.8 Å². The van der Waals surface area contributed by atoms with Crippen LogP contribution in [-0.4, -0.2) is 26.4 Å². The molecule has 0 heterocycles. The summed E-state index contributed by atoms with van der Waals surface area (Å²) in [6.45, 7) is 10.1. The molecule has 0 aromatic rings. The van der Waals surface area contributed by atoms with Crippen LogP contribution in [0.3, 0.4) is 0 Å². The lowest BCUT2D eigenvalue weighted by Gasteiger charge is -2.14. The quantitative estimate of drug-likeness (QED) is 0.423. The summed E-state index contributed by atoms with van der Waals surface area (Å²) >= 11 is 0. The van der Waals surface area contributed by atoms with Crippen molar-refractivity contribution in [3.63, 3.8) is 0 Å². The highest BCUT2D eigenvalue weighted by Crippen LogP contribution is 2.45. The lowest BCUT2D eigenvalue weighted by molar-refractivity contribution is 0.0462. The Labute approximate surface area is 80.2 Å². The summed E-state index contributed by atoms with van der Waals surface area (Å²) < 4.78 is 10.8. The lowest BCUT2D eigenvalue weighted by Crippen LogP contribution is -2.17. The predicted molar refractivity (Wildman–Crippen MR) is 53.7 cm³/mol. The Morgan fingerprint density at radius 2 is 1.46 bits per heavy atom. The first-order valence-corrected chi connectivity index (χ1v) is 4.70. The average Bonchev–Trinajstić information content (AvgIpc) is 2.87. The van der Waals surface area contributed by atoms with Crippen LogP contribution in [0.2, 0.25) is 0 Å².